The van der Waals surface area contributed by atoms with E-state index in [-0.39, 0.29) is 11.8 Å². The van der Waals surface area contributed by atoms with Crippen molar-refractivity contribution in [3.05, 3.63) is 59.7 Å². The van der Waals surface area contributed by atoms with E-state index in [2.05, 4.69) is 36.3 Å². The summed E-state index contributed by atoms with van der Waals surface area (Å²) in [6.07, 6.45) is 2.22. The average Bonchev–Trinajstić information content (AvgIpc) is 2.78. The van der Waals surface area contributed by atoms with Crippen LogP contribution in [0.2, 0.25) is 0 Å². The average molecular weight is 442 g/mol. The van der Waals surface area contributed by atoms with Crippen molar-refractivity contribution in [3.63, 3.8) is 0 Å². The molecule has 1 aliphatic rings. The van der Waals surface area contributed by atoms with Gasteiger partial charge in [0.25, 0.3) is 5.91 Å². The molecule has 2 aromatic rings. The summed E-state index contributed by atoms with van der Waals surface area (Å²) in [5, 5.41) is 5.08. The van der Waals surface area contributed by atoms with Crippen LogP contribution in [0.25, 0.3) is 0 Å². The number of piperidine rings is 1. The Labute approximate surface area is 190 Å². The highest BCUT2D eigenvalue weighted by Gasteiger charge is 2.23. The molecule has 3 rings (SSSR count). The molecule has 0 aromatic heterocycles. The highest BCUT2D eigenvalue weighted by molar-refractivity contribution is 6.32. The summed E-state index contributed by atoms with van der Waals surface area (Å²) in [6.45, 7) is 8.84. The van der Waals surface area contributed by atoms with Crippen molar-refractivity contribution < 1.29 is 9.59 Å². The summed E-state index contributed by atoms with van der Waals surface area (Å²) >= 11 is 6.36. The molecule has 1 saturated heterocycles. The molecule has 166 valence electrons. The zero-order valence-corrected chi connectivity index (χ0v) is 19.3. The van der Waals surface area contributed by atoms with Crippen molar-refractivity contribution >= 4 is 34.8 Å². The molecule has 1 atom stereocenters. The number of carbonyl (C=O) groups is 2. The summed E-state index contributed by atoms with van der Waals surface area (Å²) in [4.78, 5) is 27.9. The van der Waals surface area contributed by atoms with Crippen molar-refractivity contribution in [2.75, 3.05) is 29.9 Å². The van der Waals surface area contributed by atoms with Crippen LogP contribution < -0.4 is 15.5 Å². The highest BCUT2D eigenvalue weighted by atomic mass is 35.5. The van der Waals surface area contributed by atoms with E-state index in [1.807, 2.05) is 42.5 Å². The zero-order valence-electron chi connectivity index (χ0n) is 18.5. The van der Waals surface area contributed by atoms with Crippen LogP contribution >= 0.6 is 11.6 Å². The number of halogens is 1. The smallest absolute Gasteiger partial charge is 0.253 e. The standard InChI is InChI=1S/C25H32ClN3O2/c1-17(2)16-27-24(30)21-15-20(9-10-22(21)29-13-11-18(3)12-14-29)28-25(31)23(26)19-7-5-4-6-8-19/h4-10,15,17-18,23H,11-14,16H2,1-3H3,(H,27,30)(H,28,31). The first-order valence-corrected chi connectivity index (χ1v) is 11.5. The monoisotopic (exact) mass is 441 g/mol. The first-order chi connectivity index (χ1) is 14.8. The maximum absolute atomic E-state index is 13.0. The van der Waals surface area contributed by atoms with Gasteiger partial charge < -0.3 is 15.5 Å². The van der Waals surface area contributed by atoms with Crippen LogP contribution in [0, 0.1) is 11.8 Å². The lowest BCUT2D eigenvalue weighted by molar-refractivity contribution is -0.116. The minimum absolute atomic E-state index is 0.121. The van der Waals surface area contributed by atoms with Crippen LogP contribution in [-0.4, -0.2) is 31.4 Å². The van der Waals surface area contributed by atoms with Gasteiger partial charge in [0.1, 0.15) is 5.38 Å². The molecular formula is C25H32ClN3O2. The molecule has 0 radical (unpaired) electrons. The van der Waals surface area contributed by atoms with E-state index >= 15 is 0 Å². The van der Waals surface area contributed by atoms with Crippen molar-refractivity contribution in [1.29, 1.82) is 0 Å². The fraction of sp³-hybridized carbons (Fsp3) is 0.440. The Morgan fingerprint density at radius 1 is 1.10 bits per heavy atom. The molecule has 0 aliphatic carbocycles. The number of alkyl halides is 1. The minimum atomic E-state index is -0.803. The van der Waals surface area contributed by atoms with Crippen molar-refractivity contribution in [3.8, 4) is 0 Å². The predicted molar refractivity (Wildman–Crippen MR) is 128 cm³/mol. The zero-order chi connectivity index (χ0) is 22.4. The molecular weight excluding hydrogens is 410 g/mol. The molecule has 6 heteroatoms. The van der Waals surface area contributed by atoms with Gasteiger partial charge in [0, 0.05) is 31.0 Å². The number of nitrogens with one attached hydrogen (secondary N) is 2. The van der Waals surface area contributed by atoms with Gasteiger partial charge in [0.2, 0.25) is 5.91 Å². The Kier molecular flexibility index (Phi) is 7.97. The van der Waals surface area contributed by atoms with E-state index < -0.39 is 5.38 Å². The SMILES string of the molecule is CC(C)CNC(=O)c1cc(NC(=O)C(Cl)c2ccccc2)ccc1N1CCC(C)CC1. The maximum atomic E-state index is 13.0. The van der Waals surface area contributed by atoms with Crippen LogP contribution in [0.15, 0.2) is 48.5 Å². The predicted octanol–water partition coefficient (Wildman–Crippen LogP) is 5.23. The van der Waals surface area contributed by atoms with Crippen LogP contribution in [-0.2, 0) is 4.79 Å². The third-order valence-electron chi connectivity index (χ3n) is 5.63. The second kappa shape index (κ2) is 10.7. The van der Waals surface area contributed by atoms with E-state index in [9.17, 15) is 9.59 Å². The number of benzene rings is 2. The first kappa shape index (κ1) is 23.1. The fourth-order valence-corrected chi connectivity index (χ4v) is 3.89. The van der Waals surface area contributed by atoms with E-state index in [1.165, 1.54) is 0 Å². The number of hydrogen-bond acceptors (Lipinski definition) is 3. The van der Waals surface area contributed by atoms with E-state index in [0.717, 1.165) is 37.2 Å². The number of carbonyl (C=O) groups excluding carboxylic acids is 2. The fourth-order valence-electron chi connectivity index (χ4n) is 3.69. The highest BCUT2D eigenvalue weighted by Crippen LogP contribution is 2.30. The Morgan fingerprint density at radius 2 is 1.77 bits per heavy atom. The summed E-state index contributed by atoms with van der Waals surface area (Å²) in [7, 11) is 0. The number of amides is 2. The second-order valence-corrected chi connectivity index (χ2v) is 9.20. The lowest BCUT2D eigenvalue weighted by Crippen LogP contribution is -2.35. The second-order valence-electron chi connectivity index (χ2n) is 8.77. The lowest BCUT2D eigenvalue weighted by Gasteiger charge is -2.33. The largest absolute Gasteiger partial charge is 0.371 e. The third kappa shape index (κ3) is 6.23. The number of nitrogens with zero attached hydrogens (tertiary/aromatic N) is 1. The van der Waals surface area contributed by atoms with Crippen molar-refractivity contribution in [2.24, 2.45) is 11.8 Å². The van der Waals surface area contributed by atoms with Gasteiger partial charge in [0.05, 0.1) is 5.56 Å². The maximum Gasteiger partial charge on any atom is 0.253 e. The third-order valence-corrected chi connectivity index (χ3v) is 6.08. The van der Waals surface area contributed by atoms with Crippen molar-refractivity contribution in [1.82, 2.24) is 5.32 Å². The van der Waals surface area contributed by atoms with Crippen LogP contribution in [0.1, 0.15) is 54.9 Å². The van der Waals surface area contributed by atoms with Gasteiger partial charge in [-0.2, -0.15) is 0 Å². The number of rotatable bonds is 7. The summed E-state index contributed by atoms with van der Waals surface area (Å²) < 4.78 is 0. The van der Waals surface area contributed by atoms with Gasteiger partial charge in [0.15, 0.2) is 0 Å². The molecule has 1 unspecified atom stereocenters. The van der Waals surface area contributed by atoms with E-state index in [4.69, 9.17) is 11.6 Å². The molecule has 0 bridgehead atoms. The van der Waals surface area contributed by atoms with Crippen LogP contribution in [0.4, 0.5) is 11.4 Å². The molecule has 5 nitrogen and oxygen atoms in total. The topological polar surface area (TPSA) is 61.4 Å². The van der Waals surface area contributed by atoms with Gasteiger partial charge >= 0.3 is 0 Å². The van der Waals surface area contributed by atoms with E-state index in [1.54, 1.807) is 6.07 Å². The number of anilines is 2. The van der Waals surface area contributed by atoms with Crippen LogP contribution in [0.5, 0.6) is 0 Å². The van der Waals surface area contributed by atoms with Gasteiger partial charge in [-0.3, -0.25) is 9.59 Å². The van der Waals surface area contributed by atoms with Gasteiger partial charge in [-0.25, -0.2) is 0 Å². The minimum Gasteiger partial charge on any atom is -0.371 e. The molecule has 2 amide bonds. The normalized spacial score (nSPS) is 15.6. The summed E-state index contributed by atoms with van der Waals surface area (Å²) in [5.41, 5.74) is 2.79. The molecule has 0 spiro atoms. The Morgan fingerprint density at radius 3 is 2.42 bits per heavy atom. The van der Waals surface area contributed by atoms with Gasteiger partial charge in [-0.15, -0.1) is 11.6 Å². The Bertz CT molecular complexity index is 893. The summed E-state index contributed by atoms with van der Waals surface area (Å²) in [5.74, 6) is 0.616. The van der Waals surface area contributed by atoms with Gasteiger partial charge in [-0.05, 0) is 48.4 Å². The molecule has 2 N–H and O–H groups in total. The number of hydrogen-bond donors (Lipinski definition) is 2. The molecule has 2 aromatic carbocycles. The summed E-state index contributed by atoms with van der Waals surface area (Å²) in [6, 6.07) is 14.8. The Balaban J connectivity index is 1.82. The molecule has 1 heterocycles. The first-order valence-electron chi connectivity index (χ1n) is 11.0. The van der Waals surface area contributed by atoms with E-state index in [0.29, 0.717) is 29.6 Å². The molecule has 0 saturated carbocycles. The van der Waals surface area contributed by atoms with Gasteiger partial charge in [-0.1, -0.05) is 51.1 Å². The van der Waals surface area contributed by atoms with Crippen LogP contribution in [0.3, 0.4) is 0 Å². The lowest BCUT2D eigenvalue weighted by atomic mass is 9.97. The molecule has 1 aliphatic heterocycles. The quantitative estimate of drug-likeness (QED) is 0.578. The van der Waals surface area contributed by atoms with Crippen molar-refractivity contribution in [2.45, 2.75) is 39.0 Å². The Hall–Kier alpha value is -2.53. The molecule has 31 heavy (non-hydrogen) atoms. The molecule has 1 fully saturated rings.